The Morgan fingerprint density at radius 2 is 2.05 bits per heavy atom. The van der Waals surface area contributed by atoms with E-state index in [0.717, 1.165) is 13.1 Å². The van der Waals surface area contributed by atoms with Gasteiger partial charge in [-0.15, -0.1) is 0 Å². The maximum atomic E-state index is 12.1. The van der Waals surface area contributed by atoms with Crippen molar-refractivity contribution in [3.63, 3.8) is 0 Å². The molecule has 1 aliphatic rings. The number of morpholine rings is 1. The van der Waals surface area contributed by atoms with Crippen molar-refractivity contribution in [3.8, 4) is 0 Å². The fourth-order valence-corrected chi connectivity index (χ4v) is 2.18. The highest BCUT2D eigenvalue weighted by Gasteiger charge is 2.16. The number of amides is 1. The molecule has 1 aromatic carbocycles. The third-order valence-electron chi connectivity index (χ3n) is 3.51. The molecule has 2 N–H and O–H groups in total. The first-order valence-corrected chi connectivity index (χ1v) is 7.18. The van der Waals surface area contributed by atoms with Gasteiger partial charge in [0.25, 0.3) is 5.91 Å². The summed E-state index contributed by atoms with van der Waals surface area (Å²) in [5.74, 6) is -0.0420. The molecule has 20 heavy (non-hydrogen) atoms. The molecule has 1 aliphatic heterocycles. The molecule has 0 spiro atoms. The monoisotopic (exact) mass is 276 g/mol. The van der Waals surface area contributed by atoms with Gasteiger partial charge in [-0.1, -0.05) is 32.9 Å². The van der Waals surface area contributed by atoms with Crippen LogP contribution in [0.1, 0.15) is 36.7 Å². The molecule has 1 saturated heterocycles. The van der Waals surface area contributed by atoms with E-state index in [1.54, 1.807) is 0 Å². The van der Waals surface area contributed by atoms with Gasteiger partial charge < -0.3 is 15.4 Å². The van der Waals surface area contributed by atoms with Crippen LogP contribution in [0.15, 0.2) is 24.3 Å². The largest absolute Gasteiger partial charge is 0.374 e. The SMILES string of the molecule is CC(C)(C)c1ccc(C(=O)NCC2CNCCO2)cc1. The van der Waals surface area contributed by atoms with E-state index in [1.807, 2.05) is 24.3 Å². The highest BCUT2D eigenvalue weighted by molar-refractivity contribution is 5.94. The van der Waals surface area contributed by atoms with Gasteiger partial charge in [0.2, 0.25) is 0 Å². The fourth-order valence-electron chi connectivity index (χ4n) is 2.18. The third-order valence-corrected chi connectivity index (χ3v) is 3.51. The lowest BCUT2D eigenvalue weighted by atomic mass is 9.87. The number of rotatable bonds is 3. The van der Waals surface area contributed by atoms with Crippen molar-refractivity contribution < 1.29 is 9.53 Å². The molecule has 110 valence electrons. The Bertz CT molecular complexity index is 443. The molecular formula is C16H24N2O2. The van der Waals surface area contributed by atoms with Crippen molar-refractivity contribution in [2.24, 2.45) is 0 Å². The highest BCUT2D eigenvalue weighted by Crippen LogP contribution is 2.22. The lowest BCUT2D eigenvalue weighted by molar-refractivity contribution is 0.0287. The van der Waals surface area contributed by atoms with Gasteiger partial charge in [-0.2, -0.15) is 0 Å². The minimum Gasteiger partial charge on any atom is -0.374 e. The van der Waals surface area contributed by atoms with Gasteiger partial charge in [0.15, 0.2) is 0 Å². The molecule has 2 rings (SSSR count). The van der Waals surface area contributed by atoms with Crippen LogP contribution in [0.2, 0.25) is 0 Å². The zero-order valence-corrected chi connectivity index (χ0v) is 12.5. The van der Waals surface area contributed by atoms with Gasteiger partial charge in [0, 0.05) is 25.2 Å². The van der Waals surface area contributed by atoms with E-state index in [1.165, 1.54) is 5.56 Å². The molecule has 0 radical (unpaired) electrons. The lowest BCUT2D eigenvalue weighted by Crippen LogP contribution is -2.45. The van der Waals surface area contributed by atoms with Crippen LogP contribution >= 0.6 is 0 Å². The summed E-state index contributed by atoms with van der Waals surface area (Å²) in [6.07, 6.45) is 0.0709. The summed E-state index contributed by atoms with van der Waals surface area (Å²) in [7, 11) is 0. The Morgan fingerprint density at radius 1 is 1.35 bits per heavy atom. The molecular weight excluding hydrogens is 252 g/mol. The molecule has 1 fully saturated rings. The topological polar surface area (TPSA) is 50.4 Å². The van der Waals surface area contributed by atoms with Gasteiger partial charge in [-0.05, 0) is 23.1 Å². The molecule has 0 aliphatic carbocycles. The zero-order chi connectivity index (χ0) is 14.6. The number of carbonyl (C=O) groups is 1. The van der Waals surface area contributed by atoms with Crippen LogP contribution in [0.4, 0.5) is 0 Å². The van der Waals surface area contributed by atoms with Crippen LogP contribution in [0.5, 0.6) is 0 Å². The number of nitrogens with one attached hydrogen (secondary N) is 2. The summed E-state index contributed by atoms with van der Waals surface area (Å²) in [5, 5.41) is 6.17. The molecule has 1 heterocycles. The molecule has 4 heteroatoms. The maximum Gasteiger partial charge on any atom is 0.251 e. The van der Waals surface area contributed by atoms with Crippen molar-refractivity contribution in [3.05, 3.63) is 35.4 Å². The molecule has 0 aromatic heterocycles. The maximum absolute atomic E-state index is 12.1. The molecule has 1 amide bonds. The molecule has 0 saturated carbocycles. The van der Waals surface area contributed by atoms with Gasteiger partial charge in [-0.3, -0.25) is 4.79 Å². The standard InChI is InChI=1S/C16H24N2O2/c1-16(2,3)13-6-4-12(5-7-13)15(19)18-11-14-10-17-8-9-20-14/h4-7,14,17H,8-11H2,1-3H3,(H,18,19). The number of benzene rings is 1. The average molecular weight is 276 g/mol. The number of carbonyl (C=O) groups excluding carboxylic acids is 1. The van der Waals surface area contributed by atoms with Crippen LogP contribution < -0.4 is 10.6 Å². The van der Waals surface area contributed by atoms with Gasteiger partial charge >= 0.3 is 0 Å². The third kappa shape index (κ3) is 4.05. The lowest BCUT2D eigenvalue weighted by Gasteiger charge is -2.23. The van der Waals surface area contributed by atoms with Crippen molar-refractivity contribution in [1.29, 1.82) is 0 Å². The molecule has 1 unspecified atom stereocenters. The van der Waals surface area contributed by atoms with Crippen molar-refractivity contribution >= 4 is 5.91 Å². The van der Waals surface area contributed by atoms with Crippen LogP contribution in [0.3, 0.4) is 0 Å². The number of ether oxygens (including phenoxy) is 1. The minimum atomic E-state index is -0.0420. The second kappa shape index (κ2) is 6.37. The first-order chi connectivity index (χ1) is 9.47. The molecule has 1 aromatic rings. The Kier molecular flexibility index (Phi) is 4.78. The fraction of sp³-hybridized carbons (Fsp3) is 0.562. The van der Waals surface area contributed by atoms with E-state index in [2.05, 4.69) is 31.4 Å². The molecule has 4 nitrogen and oxygen atoms in total. The first-order valence-electron chi connectivity index (χ1n) is 7.18. The Morgan fingerprint density at radius 3 is 2.60 bits per heavy atom. The van der Waals surface area contributed by atoms with Crippen LogP contribution in [-0.2, 0) is 10.2 Å². The summed E-state index contributed by atoms with van der Waals surface area (Å²) < 4.78 is 5.55. The second-order valence-electron chi connectivity index (χ2n) is 6.23. The van der Waals surface area contributed by atoms with Gasteiger partial charge in [0.1, 0.15) is 0 Å². The van der Waals surface area contributed by atoms with Gasteiger partial charge in [0.05, 0.1) is 12.7 Å². The summed E-state index contributed by atoms with van der Waals surface area (Å²) in [5.41, 5.74) is 2.03. The Hall–Kier alpha value is -1.39. The first kappa shape index (κ1) is 15.0. The second-order valence-corrected chi connectivity index (χ2v) is 6.23. The summed E-state index contributed by atoms with van der Waals surface area (Å²) in [6.45, 7) is 9.43. The molecule has 1 atom stereocenters. The van der Waals surface area contributed by atoms with E-state index in [9.17, 15) is 4.79 Å². The normalized spacial score (nSPS) is 19.6. The minimum absolute atomic E-state index is 0.0420. The van der Waals surface area contributed by atoms with E-state index in [4.69, 9.17) is 4.74 Å². The number of hydrogen-bond acceptors (Lipinski definition) is 3. The Balaban J connectivity index is 1.89. The predicted molar refractivity (Wildman–Crippen MR) is 80.1 cm³/mol. The van der Waals surface area contributed by atoms with E-state index < -0.39 is 0 Å². The average Bonchev–Trinajstić information content (AvgIpc) is 2.45. The molecule has 0 bridgehead atoms. The zero-order valence-electron chi connectivity index (χ0n) is 12.5. The quantitative estimate of drug-likeness (QED) is 0.883. The smallest absolute Gasteiger partial charge is 0.251 e. The summed E-state index contributed by atoms with van der Waals surface area (Å²) >= 11 is 0. The van der Waals surface area contributed by atoms with Crippen molar-refractivity contribution in [2.45, 2.75) is 32.3 Å². The van der Waals surface area contributed by atoms with Gasteiger partial charge in [-0.25, -0.2) is 0 Å². The Labute approximate surface area is 120 Å². The van der Waals surface area contributed by atoms with Crippen LogP contribution in [0, 0.1) is 0 Å². The predicted octanol–water partition coefficient (Wildman–Crippen LogP) is 1.70. The van der Waals surface area contributed by atoms with Crippen molar-refractivity contribution in [1.82, 2.24) is 10.6 Å². The number of hydrogen-bond donors (Lipinski definition) is 2. The van der Waals surface area contributed by atoms with E-state index >= 15 is 0 Å². The highest BCUT2D eigenvalue weighted by atomic mass is 16.5. The van der Waals surface area contributed by atoms with Crippen LogP contribution in [-0.4, -0.2) is 38.3 Å². The van der Waals surface area contributed by atoms with E-state index in [-0.39, 0.29) is 17.4 Å². The van der Waals surface area contributed by atoms with E-state index in [0.29, 0.717) is 18.7 Å². The summed E-state index contributed by atoms with van der Waals surface area (Å²) in [4.78, 5) is 12.1. The van der Waals surface area contributed by atoms with Crippen molar-refractivity contribution in [2.75, 3.05) is 26.2 Å². The van der Waals surface area contributed by atoms with Crippen LogP contribution in [0.25, 0.3) is 0 Å². The summed E-state index contributed by atoms with van der Waals surface area (Å²) in [6, 6.07) is 7.81.